The van der Waals surface area contributed by atoms with Gasteiger partial charge in [0.05, 0.1) is 18.1 Å². The molecule has 7 nitrogen and oxygen atoms in total. The second-order valence-corrected chi connectivity index (χ2v) is 5.10. The van der Waals surface area contributed by atoms with Crippen LogP contribution in [0.4, 0.5) is 10.9 Å². The molecule has 2 heterocycles. The van der Waals surface area contributed by atoms with Crippen molar-refractivity contribution >= 4 is 28.2 Å². The Kier molecular flexibility index (Phi) is 3.10. The zero-order chi connectivity index (χ0) is 13.2. The molecule has 1 amide bonds. The molecule has 0 spiro atoms. The van der Waals surface area contributed by atoms with E-state index in [1.54, 1.807) is 0 Å². The van der Waals surface area contributed by atoms with Crippen molar-refractivity contribution in [2.75, 3.05) is 10.7 Å². The maximum absolute atomic E-state index is 11.9. The first-order valence-electron chi connectivity index (χ1n) is 5.81. The normalized spacial score (nSPS) is 14.2. The lowest BCUT2D eigenvalue weighted by Gasteiger charge is -2.01. The van der Waals surface area contributed by atoms with E-state index in [-0.39, 0.29) is 11.6 Å². The van der Waals surface area contributed by atoms with Crippen LogP contribution >= 0.6 is 11.3 Å². The maximum Gasteiger partial charge on any atom is 0.277 e. The minimum Gasteiger partial charge on any atom is -0.307 e. The Labute approximate surface area is 113 Å². The number of rotatable bonds is 4. The van der Waals surface area contributed by atoms with Crippen molar-refractivity contribution < 1.29 is 4.79 Å². The van der Waals surface area contributed by atoms with Crippen LogP contribution in [0.5, 0.6) is 0 Å². The van der Waals surface area contributed by atoms with Crippen LogP contribution in [0.1, 0.15) is 34.9 Å². The number of amides is 1. The zero-order valence-corrected chi connectivity index (χ0v) is 10.8. The highest BCUT2D eigenvalue weighted by atomic mass is 32.1. The highest BCUT2D eigenvalue weighted by Gasteiger charge is 2.26. The van der Waals surface area contributed by atoms with Gasteiger partial charge >= 0.3 is 0 Å². The number of carbonyl (C=O) groups excluding carboxylic acids is 1. The average molecular weight is 276 g/mol. The fourth-order valence-electron chi connectivity index (χ4n) is 1.59. The number of nitrogens with one attached hydrogen (secondary N) is 2. The Bertz CT molecular complexity index is 591. The molecule has 3 rings (SSSR count). The maximum atomic E-state index is 11.9. The summed E-state index contributed by atoms with van der Waals surface area (Å²) < 4.78 is 0. The largest absolute Gasteiger partial charge is 0.307 e. The van der Waals surface area contributed by atoms with Crippen LogP contribution in [0.25, 0.3) is 0 Å². The molecule has 0 radical (unpaired) electrons. The number of thiazole rings is 1. The summed E-state index contributed by atoms with van der Waals surface area (Å²) in [7, 11) is 0. The Morgan fingerprint density at radius 1 is 1.37 bits per heavy atom. The molecular formula is C11H12N6OS. The van der Waals surface area contributed by atoms with Gasteiger partial charge in [0.15, 0.2) is 10.9 Å². The molecule has 1 aliphatic rings. The van der Waals surface area contributed by atoms with Gasteiger partial charge in [-0.15, -0.1) is 11.3 Å². The number of nitrogens with two attached hydrogens (primary N) is 1. The van der Waals surface area contributed by atoms with Gasteiger partial charge in [-0.2, -0.15) is 0 Å². The Hall–Kier alpha value is -2.06. The highest BCUT2D eigenvalue weighted by molar-refractivity contribution is 7.14. The molecule has 0 saturated heterocycles. The molecular weight excluding hydrogens is 264 g/mol. The number of hydrazine groups is 1. The van der Waals surface area contributed by atoms with Gasteiger partial charge in [-0.25, -0.2) is 20.8 Å². The van der Waals surface area contributed by atoms with Crippen molar-refractivity contribution in [3.63, 3.8) is 0 Å². The van der Waals surface area contributed by atoms with E-state index in [2.05, 4.69) is 25.7 Å². The molecule has 0 aromatic carbocycles. The average Bonchev–Trinajstić information content (AvgIpc) is 3.20. The third kappa shape index (κ3) is 2.69. The van der Waals surface area contributed by atoms with Crippen molar-refractivity contribution in [3.05, 3.63) is 29.2 Å². The number of nitrogen functional groups attached to an aromatic ring is 1. The molecule has 0 bridgehead atoms. The SMILES string of the molecule is NNc1cnc(C(=O)Nc2nc(C3CC3)cs2)cn1. The van der Waals surface area contributed by atoms with Gasteiger partial charge in [0.2, 0.25) is 0 Å². The molecule has 1 saturated carbocycles. The van der Waals surface area contributed by atoms with Crippen LogP contribution in [0.2, 0.25) is 0 Å². The number of carbonyl (C=O) groups is 1. The smallest absolute Gasteiger partial charge is 0.277 e. The summed E-state index contributed by atoms with van der Waals surface area (Å²) >= 11 is 1.42. The van der Waals surface area contributed by atoms with Gasteiger partial charge in [0, 0.05) is 11.3 Å². The zero-order valence-electron chi connectivity index (χ0n) is 9.96. The van der Waals surface area contributed by atoms with E-state index in [9.17, 15) is 4.79 Å². The lowest BCUT2D eigenvalue weighted by Crippen LogP contribution is -2.15. The first-order chi connectivity index (χ1) is 9.26. The fourth-order valence-corrected chi connectivity index (χ4v) is 2.38. The molecule has 2 aromatic rings. The van der Waals surface area contributed by atoms with Gasteiger partial charge in [0.25, 0.3) is 5.91 Å². The van der Waals surface area contributed by atoms with Crippen LogP contribution in [0.3, 0.4) is 0 Å². The van der Waals surface area contributed by atoms with Gasteiger partial charge < -0.3 is 5.43 Å². The topological polar surface area (TPSA) is 106 Å². The number of hydrogen-bond acceptors (Lipinski definition) is 7. The molecule has 0 unspecified atom stereocenters. The molecule has 2 aromatic heterocycles. The second-order valence-electron chi connectivity index (χ2n) is 4.24. The van der Waals surface area contributed by atoms with Crippen molar-refractivity contribution in [2.45, 2.75) is 18.8 Å². The molecule has 4 N–H and O–H groups in total. The Morgan fingerprint density at radius 3 is 2.84 bits per heavy atom. The molecule has 0 atom stereocenters. The van der Waals surface area contributed by atoms with Crippen molar-refractivity contribution in [1.82, 2.24) is 15.0 Å². The second kappa shape index (κ2) is 4.90. The van der Waals surface area contributed by atoms with Gasteiger partial charge in [-0.3, -0.25) is 10.1 Å². The van der Waals surface area contributed by atoms with Crippen molar-refractivity contribution in [1.29, 1.82) is 0 Å². The third-order valence-corrected chi connectivity index (χ3v) is 3.55. The monoisotopic (exact) mass is 276 g/mol. The van der Waals surface area contributed by atoms with Crippen molar-refractivity contribution in [3.8, 4) is 0 Å². The van der Waals surface area contributed by atoms with Crippen LogP contribution in [-0.2, 0) is 0 Å². The van der Waals surface area contributed by atoms with E-state index in [1.807, 2.05) is 5.38 Å². The van der Waals surface area contributed by atoms with Crippen LogP contribution in [-0.4, -0.2) is 20.9 Å². The Morgan fingerprint density at radius 2 is 2.21 bits per heavy atom. The van der Waals surface area contributed by atoms with E-state index < -0.39 is 0 Å². The summed E-state index contributed by atoms with van der Waals surface area (Å²) in [5, 5.41) is 5.29. The first kappa shape index (κ1) is 12.0. The van der Waals surface area contributed by atoms with Gasteiger partial charge in [-0.1, -0.05) is 0 Å². The minimum atomic E-state index is -0.326. The third-order valence-electron chi connectivity index (χ3n) is 2.77. The van der Waals surface area contributed by atoms with Crippen LogP contribution < -0.4 is 16.6 Å². The van der Waals surface area contributed by atoms with Crippen LogP contribution in [0.15, 0.2) is 17.8 Å². The molecule has 19 heavy (non-hydrogen) atoms. The number of hydrogen-bond donors (Lipinski definition) is 3. The predicted octanol–water partition coefficient (Wildman–Crippen LogP) is 1.35. The Balaban J connectivity index is 1.68. The first-order valence-corrected chi connectivity index (χ1v) is 6.69. The van der Waals surface area contributed by atoms with E-state index in [1.165, 1.54) is 36.6 Å². The summed E-state index contributed by atoms with van der Waals surface area (Å²) in [6.45, 7) is 0. The van der Waals surface area contributed by atoms with Gasteiger partial charge in [0.1, 0.15) is 5.69 Å². The summed E-state index contributed by atoms with van der Waals surface area (Å²) in [6.07, 6.45) is 5.14. The highest BCUT2D eigenvalue weighted by Crippen LogP contribution is 2.40. The number of anilines is 2. The van der Waals surface area contributed by atoms with Crippen LogP contribution in [0, 0.1) is 0 Å². The van der Waals surface area contributed by atoms with Crippen molar-refractivity contribution in [2.24, 2.45) is 5.84 Å². The van der Waals surface area contributed by atoms with Gasteiger partial charge in [-0.05, 0) is 12.8 Å². The molecule has 98 valence electrons. The number of aromatic nitrogens is 3. The predicted molar refractivity (Wildman–Crippen MR) is 71.9 cm³/mol. The number of nitrogens with zero attached hydrogens (tertiary/aromatic N) is 3. The lowest BCUT2D eigenvalue weighted by molar-refractivity contribution is 0.102. The summed E-state index contributed by atoms with van der Waals surface area (Å²) in [5.74, 6) is 5.83. The molecule has 0 aliphatic heterocycles. The summed E-state index contributed by atoms with van der Waals surface area (Å²) in [5.41, 5.74) is 3.64. The molecule has 1 aliphatic carbocycles. The fraction of sp³-hybridized carbons (Fsp3) is 0.273. The minimum absolute atomic E-state index is 0.224. The quantitative estimate of drug-likeness (QED) is 0.575. The van der Waals surface area contributed by atoms with E-state index in [0.29, 0.717) is 16.9 Å². The summed E-state index contributed by atoms with van der Waals surface area (Å²) in [6, 6.07) is 0. The van der Waals surface area contributed by atoms with E-state index in [0.717, 1.165) is 5.69 Å². The standard InChI is InChI=1S/C11H12N6OS/c12-17-9-4-13-7(3-14-9)10(18)16-11-15-8(5-19-11)6-1-2-6/h3-6H,1-2,12H2,(H,14,17)(H,15,16,18). The van der Waals surface area contributed by atoms with E-state index >= 15 is 0 Å². The molecule has 8 heteroatoms. The lowest BCUT2D eigenvalue weighted by atomic mass is 10.3. The van der Waals surface area contributed by atoms with E-state index in [4.69, 9.17) is 5.84 Å². The summed E-state index contributed by atoms with van der Waals surface area (Å²) in [4.78, 5) is 24.2. The molecule has 1 fully saturated rings.